The molecule has 11 heteroatoms. The molecule has 2 saturated heterocycles. The minimum atomic E-state index is -0.223. The van der Waals surface area contributed by atoms with Crippen molar-refractivity contribution in [1.29, 1.82) is 0 Å². The number of halogens is 1. The number of hydrogen-bond donors (Lipinski definition) is 3. The Kier molecular flexibility index (Phi) is 4.82. The second-order valence-electron chi connectivity index (χ2n) is 8.65. The number of benzene rings is 1. The van der Waals surface area contributed by atoms with Crippen LogP contribution in [0.5, 0.6) is 5.88 Å². The van der Waals surface area contributed by atoms with Crippen molar-refractivity contribution in [3.8, 4) is 17.1 Å². The molecule has 0 saturated carbocycles. The van der Waals surface area contributed by atoms with Gasteiger partial charge in [0.1, 0.15) is 22.4 Å². The second-order valence-corrected chi connectivity index (χ2v) is 9.03. The van der Waals surface area contributed by atoms with Gasteiger partial charge < -0.3 is 20.5 Å². The van der Waals surface area contributed by atoms with Gasteiger partial charge in [-0.1, -0.05) is 11.6 Å². The van der Waals surface area contributed by atoms with E-state index in [0.29, 0.717) is 68.0 Å². The highest BCUT2D eigenvalue weighted by Crippen LogP contribution is 2.41. The summed E-state index contributed by atoms with van der Waals surface area (Å²) in [5, 5.41) is 18.0. The standard InChI is InChI=1S/C22H23ClN8O2/c1-33-16-8-25-14-5-4-13(17(23)19(14)27-16)18-20-21(30-29-18)28-22(15(9-32)26-20)31-11-2-3-12(31)7-10(24)6-11/h4-5,8,10-12,32H,2-3,6-7,9,24H2,1H3,(H,28,29,30)/t10-,11+,12-. The van der Waals surface area contributed by atoms with Crippen molar-refractivity contribution in [3.05, 3.63) is 29.0 Å². The number of aliphatic hydroxyl groups excluding tert-OH is 1. The van der Waals surface area contributed by atoms with Crippen LogP contribution in [0.1, 0.15) is 31.4 Å². The predicted octanol–water partition coefficient (Wildman–Crippen LogP) is 2.58. The number of nitrogens with two attached hydrogens (primary N) is 1. The first-order valence-corrected chi connectivity index (χ1v) is 11.3. The molecule has 6 rings (SSSR count). The monoisotopic (exact) mass is 466 g/mol. The zero-order valence-corrected chi connectivity index (χ0v) is 18.7. The molecule has 0 aliphatic carbocycles. The summed E-state index contributed by atoms with van der Waals surface area (Å²) in [6.07, 6.45) is 5.55. The number of fused-ring (bicyclic) bond motifs is 4. The Morgan fingerprint density at radius 2 is 1.97 bits per heavy atom. The van der Waals surface area contributed by atoms with E-state index in [4.69, 9.17) is 32.0 Å². The molecule has 1 aromatic carbocycles. The quantitative estimate of drug-likeness (QED) is 0.414. The van der Waals surface area contributed by atoms with Crippen molar-refractivity contribution in [2.75, 3.05) is 12.0 Å². The molecule has 3 aromatic heterocycles. The number of aromatic nitrogens is 6. The van der Waals surface area contributed by atoms with Crippen LogP contribution >= 0.6 is 11.6 Å². The molecule has 3 atom stereocenters. The number of nitrogens with zero attached hydrogens (tertiary/aromatic N) is 6. The fourth-order valence-electron chi connectivity index (χ4n) is 5.24. The second kappa shape index (κ2) is 7.75. The molecule has 2 aliphatic heterocycles. The van der Waals surface area contributed by atoms with Crippen LogP contribution in [-0.4, -0.2) is 60.5 Å². The lowest BCUT2D eigenvalue weighted by Crippen LogP contribution is -2.48. The van der Waals surface area contributed by atoms with E-state index in [0.717, 1.165) is 25.7 Å². The first kappa shape index (κ1) is 20.5. The lowest BCUT2D eigenvalue weighted by molar-refractivity contribution is 0.276. The average Bonchev–Trinajstić information content (AvgIpc) is 3.35. The fourth-order valence-corrected chi connectivity index (χ4v) is 5.53. The lowest BCUT2D eigenvalue weighted by Gasteiger charge is -2.39. The number of hydrogen-bond acceptors (Lipinski definition) is 9. The zero-order chi connectivity index (χ0) is 22.7. The van der Waals surface area contributed by atoms with Gasteiger partial charge in [-0.05, 0) is 37.8 Å². The Balaban J connectivity index is 1.48. The van der Waals surface area contributed by atoms with Gasteiger partial charge in [0.2, 0.25) is 5.88 Å². The summed E-state index contributed by atoms with van der Waals surface area (Å²) in [4.78, 5) is 20.7. The smallest absolute Gasteiger partial charge is 0.232 e. The van der Waals surface area contributed by atoms with E-state index in [1.807, 2.05) is 12.1 Å². The van der Waals surface area contributed by atoms with E-state index < -0.39 is 0 Å². The van der Waals surface area contributed by atoms with Crippen molar-refractivity contribution < 1.29 is 9.84 Å². The van der Waals surface area contributed by atoms with Gasteiger partial charge in [-0.2, -0.15) is 5.10 Å². The highest BCUT2D eigenvalue weighted by molar-refractivity contribution is 6.38. The maximum atomic E-state index is 10.2. The molecule has 0 radical (unpaired) electrons. The molecule has 5 heterocycles. The topological polar surface area (TPSA) is 139 Å². The van der Waals surface area contributed by atoms with Crippen LogP contribution in [0.25, 0.3) is 33.5 Å². The third kappa shape index (κ3) is 3.20. The Morgan fingerprint density at radius 3 is 2.70 bits per heavy atom. The van der Waals surface area contributed by atoms with Crippen LogP contribution in [0.4, 0.5) is 5.82 Å². The van der Waals surface area contributed by atoms with E-state index in [2.05, 4.69) is 25.1 Å². The molecule has 0 amide bonds. The van der Waals surface area contributed by atoms with E-state index >= 15 is 0 Å². The van der Waals surface area contributed by atoms with Gasteiger partial charge >= 0.3 is 0 Å². The summed E-state index contributed by atoms with van der Waals surface area (Å²) >= 11 is 6.72. The summed E-state index contributed by atoms with van der Waals surface area (Å²) in [6, 6.07) is 4.52. The number of anilines is 1. The molecule has 4 aromatic rings. The van der Waals surface area contributed by atoms with Gasteiger partial charge in [0.25, 0.3) is 0 Å². The highest BCUT2D eigenvalue weighted by Gasteiger charge is 2.41. The molecule has 0 spiro atoms. The van der Waals surface area contributed by atoms with Gasteiger partial charge in [-0.15, -0.1) is 0 Å². The number of nitrogens with one attached hydrogen (secondary N) is 1. The number of aliphatic hydroxyl groups is 1. The van der Waals surface area contributed by atoms with Crippen LogP contribution < -0.4 is 15.4 Å². The van der Waals surface area contributed by atoms with Crippen LogP contribution in [0.15, 0.2) is 18.3 Å². The van der Waals surface area contributed by atoms with E-state index in [1.54, 1.807) is 6.20 Å². The van der Waals surface area contributed by atoms with Gasteiger partial charge in [0.05, 0.1) is 30.5 Å². The van der Waals surface area contributed by atoms with E-state index in [1.165, 1.54) is 7.11 Å². The molecule has 2 fully saturated rings. The van der Waals surface area contributed by atoms with Crippen molar-refractivity contribution in [3.63, 3.8) is 0 Å². The molecular weight excluding hydrogens is 444 g/mol. The van der Waals surface area contributed by atoms with Crippen LogP contribution in [0.2, 0.25) is 5.02 Å². The molecule has 2 aliphatic rings. The number of piperidine rings is 1. The molecule has 170 valence electrons. The molecule has 0 unspecified atom stereocenters. The number of aromatic amines is 1. The number of rotatable bonds is 4. The highest BCUT2D eigenvalue weighted by atomic mass is 35.5. The van der Waals surface area contributed by atoms with E-state index in [-0.39, 0.29) is 12.6 Å². The average molecular weight is 467 g/mol. The van der Waals surface area contributed by atoms with Gasteiger partial charge in [-0.3, -0.25) is 5.10 Å². The summed E-state index contributed by atoms with van der Waals surface area (Å²) in [7, 11) is 1.53. The maximum Gasteiger partial charge on any atom is 0.232 e. The van der Waals surface area contributed by atoms with Gasteiger partial charge in [-0.25, -0.2) is 19.9 Å². The SMILES string of the molecule is COc1cnc2ccc(-c3n[nH]c4nc(N5[C@@H]6CC[C@H]5C[C@@H](N)C6)c(CO)nc34)c(Cl)c2n1. The number of H-pyrrole nitrogens is 1. The molecular formula is C22H23ClN8O2. The third-order valence-corrected chi connectivity index (χ3v) is 7.09. The molecule has 33 heavy (non-hydrogen) atoms. The minimum Gasteiger partial charge on any atom is -0.480 e. The Morgan fingerprint density at radius 1 is 1.18 bits per heavy atom. The summed E-state index contributed by atoms with van der Waals surface area (Å²) in [6.45, 7) is -0.223. The summed E-state index contributed by atoms with van der Waals surface area (Å²) in [5.74, 6) is 1.08. The lowest BCUT2D eigenvalue weighted by atomic mass is 9.98. The predicted molar refractivity (Wildman–Crippen MR) is 124 cm³/mol. The van der Waals surface area contributed by atoms with Crippen LogP contribution in [0.3, 0.4) is 0 Å². The Labute approximate surface area is 194 Å². The first-order chi connectivity index (χ1) is 16.1. The van der Waals surface area contributed by atoms with Crippen LogP contribution in [-0.2, 0) is 6.61 Å². The van der Waals surface area contributed by atoms with Gasteiger partial charge in [0.15, 0.2) is 11.5 Å². The van der Waals surface area contributed by atoms with Crippen molar-refractivity contribution in [1.82, 2.24) is 30.1 Å². The number of methoxy groups -OCH3 is 1. The Bertz CT molecular complexity index is 1360. The minimum absolute atomic E-state index is 0.212. The zero-order valence-electron chi connectivity index (χ0n) is 18.0. The number of ether oxygens (including phenoxy) is 1. The Hall–Kier alpha value is -3.08. The summed E-state index contributed by atoms with van der Waals surface area (Å²) < 4.78 is 5.19. The molecule has 4 N–H and O–H groups in total. The third-order valence-electron chi connectivity index (χ3n) is 6.70. The molecule has 2 bridgehead atoms. The fraction of sp³-hybridized carbons (Fsp3) is 0.409. The normalized spacial score (nSPS) is 22.4. The first-order valence-electron chi connectivity index (χ1n) is 11.0. The molecule has 10 nitrogen and oxygen atoms in total. The maximum absolute atomic E-state index is 10.2. The summed E-state index contributed by atoms with van der Waals surface area (Å²) in [5.41, 5.74) is 10.2. The largest absolute Gasteiger partial charge is 0.480 e. The van der Waals surface area contributed by atoms with Crippen molar-refractivity contribution in [2.24, 2.45) is 5.73 Å². The van der Waals surface area contributed by atoms with Crippen molar-refractivity contribution >= 4 is 39.6 Å². The van der Waals surface area contributed by atoms with Crippen molar-refractivity contribution in [2.45, 2.75) is 50.4 Å². The van der Waals surface area contributed by atoms with E-state index in [9.17, 15) is 5.11 Å². The van der Waals surface area contributed by atoms with Crippen LogP contribution in [0, 0.1) is 0 Å². The van der Waals surface area contributed by atoms with Gasteiger partial charge in [0, 0.05) is 23.7 Å².